The van der Waals surface area contributed by atoms with Crippen LogP contribution in [0.5, 0.6) is 0 Å². The Morgan fingerprint density at radius 1 is 1.10 bits per heavy atom. The first-order chi connectivity index (χ1) is 9.77. The highest BCUT2D eigenvalue weighted by atomic mass is 15.4. The molecule has 2 aromatic rings. The van der Waals surface area contributed by atoms with Crippen LogP contribution in [0.1, 0.15) is 6.42 Å². The minimum absolute atomic E-state index is 0.639. The van der Waals surface area contributed by atoms with E-state index < -0.39 is 0 Å². The summed E-state index contributed by atoms with van der Waals surface area (Å²) in [5, 5.41) is 2.44. The highest BCUT2D eigenvalue weighted by Crippen LogP contribution is 2.25. The number of nitrogens with two attached hydrogens (primary N) is 2. The third-order valence-electron chi connectivity index (χ3n) is 3.21. The second-order valence-electron chi connectivity index (χ2n) is 4.48. The molecule has 5 nitrogen and oxygen atoms in total. The van der Waals surface area contributed by atoms with E-state index >= 15 is 0 Å². The Labute approximate surface area is 116 Å². The van der Waals surface area contributed by atoms with Gasteiger partial charge in [-0.25, -0.2) is 15.8 Å². The summed E-state index contributed by atoms with van der Waals surface area (Å²) in [6.45, 7) is 0. The summed E-state index contributed by atoms with van der Waals surface area (Å²) < 4.78 is 0. The monoisotopic (exact) mass is 265 g/mol. The minimum Gasteiger partial charge on any atom is -0.397 e. The van der Waals surface area contributed by atoms with Gasteiger partial charge in [0.2, 0.25) is 0 Å². The van der Waals surface area contributed by atoms with E-state index in [9.17, 15) is 0 Å². The molecular formula is C15H15N5. The van der Waals surface area contributed by atoms with Crippen molar-refractivity contribution in [2.24, 2.45) is 11.6 Å². The van der Waals surface area contributed by atoms with E-state index in [2.05, 4.69) is 9.97 Å². The lowest BCUT2D eigenvalue weighted by Gasteiger charge is -2.22. The second kappa shape index (κ2) is 5.14. The Morgan fingerprint density at radius 2 is 1.95 bits per heavy atom. The summed E-state index contributed by atoms with van der Waals surface area (Å²) in [5.41, 5.74) is 8.36. The number of allylic oxidation sites excluding steroid dienone is 4. The van der Waals surface area contributed by atoms with Crippen molar-refractivity contribution in [1.29, 1.82) is 0 Å². The lowest BCUT2D eigenvalue weighted by atomic mass is 10.2. The SMILES string of the molecule is NC1=C(N(N)c2ncnc3ccccc23)CC=CC=C1. The third-order valence-corrected chi connectivity index (χ3v) is 3.21. The van der Waals surface area contributed by atoms with Gasteiger partial charge in [0.05, 0.1) is 16.9 Å². The van der Waals surface area contributed by atoms with E-state index in [1.165, 1.54) is 6.33 Å². The van der Waals surface area contributed by atoms with Gasteiger partial charge in [0.1, 0.15) is 6.33 Å². The summed E-state index contributed by atoms with van der Waals surface area (Å²) in [4.78, 5) is 8.54. The topological polar surface area (TPSA) is 81.1 Å². The maximum Gasteiger partial charge on any atom is 0.158 e. The van der Waals surface area contributed by atoms with Gasteiger partial charge in [-0.15, -0.1) is 0 Å². The van der Waals surface area contributed by atoms with Crippen LogP contribution in [0, 0.1) is 0 Å². The lowest BCUT2D eigenvalue weighted by molar-refractivity contribution is 0.911. The Hall–Kier alpha value is -2.66. The molecule has 4 N–H and O–H groups in total. The van der Waals surface area contributed by atoms with Crippen molar-refractivity contribution in [3.05, 3.63) is 66.3 Å². The molecule has 0 bridgehead atoms. The van der Waals surface area contributed by atoms with Crippen LogP contribution in [-0.4, -0.2) is 9.97 Å². The smallest absolute Gasteiger partial charge is 0.158 e. The predicted octanol–water partition coefficient (Wildman–Crippen LogP) is 2.00. The van der Waals surface area contributed by atoms with Crippen LogP contribution in [0.25, 0.3) is 10.9 Å². The zero-order chi connectivity index (χ0) is 13.9. The number of para-hydroxylation sites is 1. The summed E-state index contributed by atoms with van der Waals surface area (Å²) in [6, 6.07) is 7.75. The van der Waals surface area contributed by atoms with Gasteiger partial charge < -0.3 is 5.73 Å². The minimum atomic E-state index is 0.639. The van der Waals surface area contributed by atoms with Gasteiger partial charge in [-0.2, -0.15) is 0 Å². The van der Waals surface area contributed by atoms with Crippen LogP contribution in [0.2, 0.25) is 0 Å². The fourth-order valence-electron chi connectivity index (χ4n) is 2.18. The highest BCUT2D eigenvalue weighted by molar-refractivity contribution is 5.89. The molecule has 1 aliphatic rings. The van der Waals surface area contributed by atoms with E-state index in [1.54, 1.807) is 5.01 Å². The highest BCUT2D eigenvalue weighted by Gasteiger charge is 2.15. The van der Waals surface area contributed by atoms with Crippen molar-refractivity contribution in [2.75, 3.05) is 5.01 Å². The quantitative estimate of drug-likeness (QED) is 0.641. The van der Waals surface area contributed by atoms with E-state index in [-0.39, 0.29) is 0 Å². The molecule has 1 aliphatic carbocycles. The molecule has 0 saturated heterocycles. The van der Waals surface area contributed by atoms with Gasteiger partial charge in [-0.3, -0.25) is 5.01 Å². The Kier molecular flexibility index (Phi) is 3.18. The van der Waals surface area contributed by atoms with Crippen molar-refractivity contribution in [1.82, 2.24) is 9.97 Å². The summed E-state index contributed by atoms with van der Waals surface area (Å²) in [5.74, 6) is 6.88. The van der Waals surface area contributed by atoms with Gasteiger partial charge in [0, 0.05) is 11.8 Å². The largest absolute Gasteiger partial charge is 0.397 e. The number of hydrogen-bond donors (Lipinski definition) is 2. The molecule has 0 unspecified atom stereocenters. The standard InChI is InChI=1S/C15H15N5/c16-12-7-2-1-3-9-14(12)20(17)15-11-6-4-5-8-13(11)18-10-19-15/h1-8,10H,9,16-17H2. The number of benzene rings is 1. The molecule has 3 rings (SSSR count). The number of anilines is 1. The molecule has 5 heteroatoms. The molecule has 1 aromatic carbocycles. The van der Waals surface area contributed by atoms with Crippen molar-refractivity contribution < 1.29 is 0 Å². The van der Waals surface area contributed by atoms with Crippen LogP contribution >= 0.6 is 0 Å². The molecule has 0 amide bonds. The van der Waals surface area contributed by atoms with E-state index in [0.29, 0.717) is 17.9 Å². The van der Waals surface area contributed by atoms with Crippen molar-refractivity contribution in [3.63, 3.8) is 0 Å². The summed E-state index contributed by atoms with van der Waals surface area (Å²) in [7, 11) is 0. The van der Waals surface area contributed by atoms with Crippen molar-refractivity contribution >= 4 is 16.7 Å². The van der Waals surface area contributed by atoms with Gasteiger partial charge in [-0.05, 0) is 18.2 Å². The first-order valence-electron chi connectivity index (χ1n) is 6.34. The fourth-order valence-corrected chi connectivity index (χ4v) is 2.18. The van der Waals surface area contributed by atoms with Crippen LogP contribution in [0.3, 0.4) is 0 Å². The number of fused-ring (bicyclic) bond motifs is 1. The van der Waals surface area contributed by atoms with Gasteiger partial charge in [0.15, 0.2) is 5.82 Å². The van der Waals surface area contributed by atoms with Gasteiger partial charge in [-0.1, -0.05) is 30.4 Å². The van der Waals surface area contributed by atoms with Crippen LogP contribution in [0.15, 0.2) is 66.3 Å². The van der Waals surface area contributed by atoms with Gasteiger partial charge >= 0.3 is 0 Å². The van der Waals surface area contributed by atoms with Crippen LogP contribution in [0.4, 0.5) is 5.82 Å². The molecule has 0 atom stereocenters. The zero-order valence-electron chi connectivity index (χ0n) is 10.9. The number of aromatic nitrogens is 2. The third kappa shape index (κ3) is 2.15. The molecule has 100 valence electrons. The lowest BCUT2D eigenvalue weighted by Crippen LogP contribution is -2.33. The number of nitrogens with zero attached hydrogens (tertiary/aromatic N) is 3. The first kappa shape index (κ1) is 12.4. The van der Waals surface area contributed by atoms with Crippen molar-refractivity contribution in [3.8, 4) is 0 Å². The van der Waals surface area contributed by atoms with Crippen LogP contribution < -0.4 is 16.6 Å². The average molecular weight is 265 g/mol. The molecule has 20 heavy (non-hydrogen) atoms. The van der Waals surface area contributed by atoms with Crippen molar-refractivity contribution in [2.45, 2.75) is 6.42 Å². The summed E-state index contributed by atoms with van der Waals surface area (Å²) >= 11 is 0. The average Bonchev–Trinajstić information content (AvgIpc) is 2.70. The number of hydrazine groups is 1. The van der Waals surface area contributed by atoms with E-state index in [1.807, 2.05) is 48.6 Å². The van der Waals surface area contributed by atoms with E-state index in [0.717, 1.165) is 16.6 Å². The van der Waals surface area contributed by atoms with Crippen LogP contribution in [-0.2, 0) is 0 Å². The Morgan fingerprint density at radius 3 is 2.85 bits per heavy atom. The maximum atomic E-state index is 6.23. The fraction of sp³-hybridized carbons (Fsp3) is 0.0667. The second-order valence-corrected chi connectivity index (χ2v) is 4.48. The van der Waals surface area contributed by atoms with Gasteiger partial charge in [0.25, 0.3) is 0 Å². The molecule has 0 aliphatic heterocycles. The number of hydrogen-bond acceptors (Lipinski definition) is 5. The zero-order valence-corrected chi connectivity index (χ0v) is 10.9. The molecule has 0 saturated carbocycles. The Balaban J connectivity index is 2.11. The first-order valence-corrected chi connectivity index (χ1v) is 6.34. The molecular weight excluding hydrogens is 250 g/mol. The molecule has 0 spiro atoms. The maximum absolute atomic E-state index is 6.23. The summed E-state index contributed by atoms with van der Waals surface area (Å²) in [6.07, 6.45) is 9.86. The normalized spacial score (nSPS) is 14.7. The number of rotatable bonds is 2. The Bertz CT molecular complexity index is 725. The molecule has 0 radical (unpaired) electrons. The predicted molar refractivity (Wildman–Crippen MR) is 80.3 cm³/mol. The molecule has 1 heterocycles. The molecule has 0 fully saturated rings. The van der Waals surface area contributed by atoms with E-state index in [4.69, 9.17) is 11.6 Å². The molecule has 1 aromatic heterocycles.